The van der Waals surface area contributed by atoms with Crippen LogP contribution >= 0.6 is 37.2 Å². The number of halogens is 4. The number of ether oxygens (including phenoxy) is 1. The quantitative estimate of drug-likeness (QED) is 0.0554. The average molecular weight is 1360 g/mol. The molecule has 0 amide bonds. The zero-order valence-electron chi connectivity index (χ0n) is 42.2. The standard InChI is InChI=1S/C21H18FN3O3S.C13H13NO2.C12H13FN2.C10H10N2O4S.CH4.I2/c22-16-8-2-1-7-15(16)18(25-13-5-6-14-25)11-12-19(26)21-23-17-9-3-4-10-20(17)29(27,28)24-21;15-13(16)10-12(14-8-4-5-9-14)11-6-2-1-3-7-11;13-11-6-2-1-5-10(11)12(9-14)15-7-3-4-8-15;1-2-16-10(13)9-11-7-5-3-4-6-8(7)17(14,15)12-9;;1-2/h1-10,13-14,18H,11-12H2,(H,23,24);1-9,12H,10H2,(H,15,16);1-8,12H,9,14H2;3-6H,2H2,1H3,(H,11,12);1H4;. The molecule has 2 aliphatic heterocycles. The fourth-order valence-electron chi connectivity index (χ4n) is 8.29. The molecule has 0 fully saturated rings. The molecule has 10 rings (SSSR count). The van der Waals surface area contributed by atoms with Gasteiger partial charge in [-0.1, -0.05) is 98.4 Å². The lowest BCUT2D eigenvalue weighted by Crippen LogP contribution is -2.30. The number of Topliss-reactive ketones (excluding diaryl/α,β-unsaturated/α-hetero) is 1. The van der Waals surface area contributed by atoms with Gasteiger partial charge in [-0.25, -0.2) is 13.6 Å². The molecule has 0 aliphatic carbocycles. The smallest absolute Gasteiger partial charge is 0.375 e. The molecule has 3 unspecified atom stereocenters. The number of ketones is 1. The van der Waals surface area contributed by atoms with E-state index in [0.29, 0.717) is 29.0 Å². The maximum absolute atomic E-state index is 14.4. The van der Waals surface area contributed by atoms with Crippen LogP contribution in [0.1, 0.15) is 68.4 Å². The van der Waals surface area contributed by atoms with Crippen LogP contribution in [0.15, 0.2) is 220 Å². The molecule has 8 aromatic rings. The molecule has 0 spiro atoms. The third kappa shape index (κ3) is 17.1. The van der Waals surface area contributed by atoms with Crippen LogP contribution in [-0.2, 0) is 39.2 Å². The maximum Gasteiger partial charge on any atom is 0.375 e. The number of benzene rings is 5. The Morgan fingerprint density at radius 3 is 1.45 bits per heavy atom. The van der Waals surface area contributed by atoms with E-state index in [1.54, 1.807) is 86.0 Å². The normalized spacial score (nSPS) is 14.1. The summed E-state index contributed by atoms with van der Waals surface area (Å²) in [5, 5.41) is 14.4. The van der Waals surface area contributed by atoms with Gasteiger partial charge in [-0.15, -0.1) is 8.80 Å². The molecule has 5 heterocycles. The van der Waals surface area contributed by atoms with Crippen molar-refractivity contribution in [1.29, 1.82) is 0 Å². The second kappa shape index (κ2) is 30.9. The zero-order chi connectivity index (χ0) is 57.0. The first-order valence-electron chi connectivity index (χ1n) is 24.2. The molecule has 2 aliphatic rings. The molecular formula is C57H58F2I2N8O9S2. The number of carboxylic acid groups (broad SMARTS) is 1. The fourth-order valence-corrected chi connectivity index (χ4v) is 10.5. The van der Waals surface area contributed by atoms with Crippen molar-refractivity contribution in [3.05, 3.63) is 229 Å². The van der Waals surface area contributed by atoms with Gasteiger partial charge >= 0.3 is 11.9 Å². The Bertz CT molecular complexity index is 3570. The summed E-state index contributed by atoms with van der Waals surface area (Å²) in [6.07, 6.45) is 11.6. The first kappa shape index (κ1) is 63.5. The minimum atomic E-state index is -3.94. The molecule has 420 valence electrons. The summed E-state index contributed by atoms with van der Waals surface area (Å²) in [5.41, 5.74) is 8.44. The number of carbonyl (C=O) groups is 3. The number of esters is 1. The van der Waals surface area contributed by atoms with Crippen molar-refractivity contribution >= 4 is 98.0 Å². The predicted octanol–water partition coefficient (Wildman–Crippen LogP) is 11.7. The van der Waals surface area contributed by atoms with Gasteiger partial charge in [0.2, 0.25) is 5.84 Å². The van der Waals surface area contributed by atoms with Crippen LogP contribution < -0.4 is 16.4 Å². The molecule has 23 heteroatoms. The molecule has 5 N–H and O–H groups in total. The number of aliphatic carboxylic acids is 1. The Labute approximate surface area is 487 Å². The van der Waals surface area contributed by atoms with E-state index in [0.717, 1.165) is 5.56 Å². The molecule has 5 aromatic carbocycles. The van der Waals surface area contributed by atoms with Crippen molar-refractivity contribution in [3.63, 3.8) is 0 Å². The summed E-state index contributed by atoms with van der Waals surface area (Å²) < 4.78 is 93.5. The Morgan fingerprint density at radius 2 is 0.988 bits per heavy atom. The van der Waals surface area contributed by atoms with E-state index in [4.69, 9.17) is 15.6 Å². The molecule has 0 saturated carbocycles. The fraction of sp³-hybridized carbons (Fsp3) is 0.175. The summed E-state index contributed by atoms with van der Waals surface area (Å²) in [4.78, 5) is 35.1. The van der Waals surface area contributed by atoms with Gasteiger partial charge in [0, 0.05) is 98.5 Å². The third-order valence-electron chi connectivity index (χ3n) is 11.9. The second-order valence-electron chi connectivity index (χ2n) is 17.0. The van der Waals surface area contributed by atoms with E-state index in [-0.39, 0.29) is 78.5 Å². The third-order valence-corrected chi connectivity index (χ3v) is 14.6. The van der Waals surface area contributed by atoms with Gasteiger partial charge < -0.3 is 39.9 Å². The highest BCUT2D eigenvalue weighted by molar-refractivity contribution is 15.0. The number of hydrogen-bond acceptors (Lipinski definition) is 11. The van der Waals surface area contributed by atoms with Gasteiger partial charge in [-0.3, -0.25) is 9.59 Å². The summed E-state index contributed by atoms with van der Waals surface area (Å²) in [6, 6.07) is 45.9. The number of rotatable bonds is 15. The number of para-hydroxylation sites is 2. The number of fused-ring (bicyclic) bond motifs is 2. The number of aromatic nitrogens is 3. The van der Waals surface area contributed by atoms with E-state index in [1.165, 1.54) is 24.3 Å². The van der Waals surface area contributed by atoms with Crippen LogP contribution in [0.3, 0.4) is 0 Å². The predicted molar refractivity (Wildman–Crippen MR) is 323 cm³/mol. The van der Waals surface area contributed by atoms with E-state index in [2.05, 4.69) is 56.7 Å². The van der Waals surface area contributed by atoms with Crippen molar-refractivity contribution in [3.8, 4) is 0 Å². The van der Waals surface area contributed by atoms with Crippen molar-refractivity contribution in [2.24, 2.45) is 14.5 Å². The number of amidine groups is 2. The molecule has 80 heavy (non-hydrogen) atoms. The molecule has 3 aromatic heterocycles. The van der Waals surface area contributed by atoms with Crippen LogP contribution in [0.2, 0.25) is 0 Å². The SMILES string of the molecule is C.CCOC(=O)C1=NS(=O)(=O)c2ccccc2N1.II.NCC(c1ccccc1F)n1cccc1.O=C(CCC(c1ccccc1F)n1cccc1)C1=NS(=O)(=O)c2ccccc2N1.O=C(O)CC(c1ccccc1)n1cccc1. The number of hydrogen-bond donors (Lipinski definition) is 4. The van der Waals surface area contributed by atoms with Crippen LogP contribution in [-0.4, -0.2) is 78.2 Å². The Morgan fingerprint density at radius 1 is 0.588 bits per heavy atom. The molecule has 0 saturated heterocycles. The van der Waals surface area contributed by atoms with E-state index in [1.807, 2.05) is 111 Å². The number of nitrogens with one attached hydrogen (secondary N) is 2. The van der Waals surface area contributed by atoms with E-state index < -0.39 is 43.8 Å². The topological polar surface area (TPSA) is 239 Å². The highest BCUT2D eigenvalue weighted by atomic mass is 128. The Kier molecular flexibility index (Phi) is 24.5. The number of anilines is 2. The van der Waals surface area contributed by atoms with Crippen LogP contribution in [0.5, 0.6) is 0 Å². The number of nitrogens with zero attached hydrogens (tertiary/aromatic N) is 5. The lowest BCUT2D eigenvalue weighted by molar-refractivity contribution is -0.138. The molecule has 17 nitrogen and oxygen atoms in total. The monoisotopic (exact) mass is 1350 g/mol. The molecule has 0 radical (unpaired) electrons. The maximum atomic E-state index is 14.4. The van der Waals surface area contributed by atoms with Gasteiger partial charge in [0.25, 0.3) is 20.0 Å². The first-order chi connectivity index (χ1) is 38.1. The van der Waals surface area contributed by atoms with E-state index >= 15 is 0 Å². The number of nitrogens with two attached hydrogens (primary N) is 1. The van der Waals surface area contributed by atoms with Gasteiger partial charge in [0.1, 0.15) is 21.4 Å². The Hall–Kier alpha value is -7.33. The van der Waals surface area contributed by atoms with E-state index in [9.17, 15) is 40.0 Å². The molecule has 3 atom stereocenters. The number of carbonyl (C=O) groups excluding carboxylic acids is 2. The van der Waals surface area contributed by atoms with Crippen molar-refractivity contribution in [2.75, 3.05) is 23.8 Å². The highest BCUT2D eigenvalue weighted by Crippen LogP contribution is 2.31. The first-order valence-corrected chi connectivity index (χ1v) is 33.4. The number of carboxylic acids is 1. The van der Waals surface area contributed by atoms with Crippen LogP contribution in [0.4, 0.5) is 20.2 Å². The van der Waals surface area contributed by atoms with Crippen molar-refractivity contribution < 1.29 is 49.8 Å². The van der Waals surface area contributed by atoms with Gasteiger partial charge in [0.05, 0.1) is 42.5 Å². The zero-order valence-corrected chi connectivity index (χ0v) is 48.1. The summed E-state index contributed by atoms with van der Waals surface area (Å²) >= 11 is 4.24. The lowest BCUT2D eigenvalue weighted by atomic mass is 9.99. The van der Waals surface area contributed by atoms with Crippen molar-refractivity contribution in [2.45, 2.75) is 61.5 Å². The molecule has 0 bridgehead atoms. The van der Waals surface area contributed by atoms with Crippen LogP contribution in [0, 0.1) is 11.6 Å². The summed E-state index contributed by atoms with van der Waals surface area (Å²) in [6.45, 7) is 2.17. The average Bonchev–Trinajstić information content (AvgIpc) is 4.36. The number of sulfonamides is 2. The van der Waals surface area contributed by atoms with Gasteiger partial charge in [-0.2, -0.15) is 16.8 Å². The van der Waals surface area contributed by atoms with Crippen LogP contribution in [0.25, 0.3) is 0 Å². The largest absolute Gasteiger partial charge is 0.481 e. The summed E-state index contributed by atoms with van der Waals surface area (Å²) in [5.74, 6) is -3.12. The van der Waals surface area contributed by atoms with Crippen molar-refractivity contribution in [1.82, 2.24) is 13.7 Å². The Balaban J connectivity index is 0.000000201. The van der Waals surface area contributed by atoms with Gasteiger partial charge in [0.15, 0.2) is 11.6 Å². The highest BCUT2D eigenvalue weighted by Gasteiger charge is 2.30. The van der Waals surface area contributed by atoms with Gasteiger partial charge in [-0.05, 0) is 91.7 Å². The minimum Gasteiger partial charge on any atom is -0.481 e. The second-order valence-corrected chi connectivity index (χ2v) is 20.1. The minimum absolute atomic E-state index is 0. The summed E-state index contributed by atoms with van der Waals surface area (Å²) in [7, 11) is -7.77. The lowest BCUT2D eigenvalue weighted by Gasteiger charge is -2.21. The molecular weight excluding hydrogens is 1300 g/mol.